The Morgan fingerprint density at radius 3 is 2.41 bits per heavy atom. The lowest BCUT2D eigenvalue weighted by molar-refractivity contribution is -0.139. The van der Waals surface area contributed by atoms with Crippen LogP contribution in [0.15, 0.2) is 0 Å². The Bertz CT molecular complexity index is 241. The number of hydrogen-bond donors (Lipinski definition) is 1. The molecule has 0 spiro atoms. The first kappa shape index (κ1) is 15.9. The molecule has 0 fully saturated rings. The van der Waals surface area contributed by atoms with Gasteiger partial charge in [-0.25, -0.2) is 0 Å². The first-order chi connectivity index (χ1) is 7.97. The summed E-state index contributed by atoms with van der Waals surface area (Å²) in [7, 11) is 0. The summed E-state index contributed by atoms with van der Waals surface area (Å²) >= 11 is 0. The van der Waals surface area contributed by atoms with Crippen molar-refractivity contribution >= 4 is 11.9 Å². The Kier molecular flexibility index (Phi) is 8.40. The number of carbonyl (C=O) groups excluding carboxylic acids is 1. The second-order valence-corrected chi connectivity index (χ2v) is 4.32. The van der Waals surface area contributed by atoms with Crippen molar-refractivity contribution in [2.24, 2.45) is 5.92 Å². The van der Waals surface area contributed by atoms with Crippen molar-refractivity contribution in [2.45, 2.75) is 33.6 Å². The molecule has 17 heavy (non-hydrogen) atoms. The highest BCUT2D eigenvalue weighted by atomic mass is 16.5. The molecule has 0 saturated carbocycles. The van der Waals surface area contributed by atoms with E-state index in [4.69, 9.17) is 9.84 Å². The molecule has 1 N–H and O–H groups in total. The van der Waals surface area contributed by atoms with Crippen molar-refractivity contribution in [1.29, 1.82) is 0 Å². The van der Waals surface area contributed by atoms with Crippen LogP contribution < -0.4 is 0 Å². The van der Waals surface area contributed by atoms with E-state index in [1.807, 2.05) is 20.8 Å². The van der Waals surface area contributed by atoms with Gasteiger partial charge in [0.1, 0.15) is 0 Å². The standard InChI is InChI=1S/C12H23NO4/c1-4-17-8-6-11(14)13(9-10(2)3)7-5-12(15)16/h10H,4-9H2,1-3H3,(H,15,16). The fourth-order valence-corrected chi connectivity index (χ4v) is 1.45. The zero-order valence-corrected chi connectivity index (χ0v) is 10.9. The third-order valence-corrected chi connectivity index (χ3v) is 2.20. The normalized spacial score (nSPS) is 10.6. The van der Waals surface area contributed by atoms with Crippen molar-refractivity contribution in [2.75, 3.05) is 26.3 Å². The fourth-order valence-electron chi connectivity index (χ4n) is 1.45. The minimum Gasteiger partial charge on any atom is -0.481 e. The van der Waals surface area contributed by atoms with Crippen LogP contribution in [0.4, 0.5) is 0 Å². The SMILES string of the molecule is CCOCCC(=O)N(CCC(=O)O)CC(C)C. The molecule has 5 heteroatoms. The number of rotatable bonds is 9. The summed E-state index contributed by atoms with van der Waals surface area (Å²) in [6, 6.07) is 0. The summed E-state index contributed by atoms with van der Waals surface area (Å²) < 4.78 is 5.12. The summed E-state index contributed by atoms with van der Waals surface area (Å²) in [5.41, 5.74) is 0. The van der Waals surface area contributed by atoms with E-state index in [1.54, 1.807) is 4.90 Å². The van der Waals surface area contributed by atoms with Gasteiger partial charge < -0.3 is 14.7 Å². The molecule has 0 saturated heterocycles. The minimum atomic E-state index is -0.878. The molecule has 1 amide bonds. The lowest BCUT2D eigenvalue weighted by Crippen LogP contribution is -2.36. The summed E-state index contributed by atoms with van der Waals surface area (Å²) in [6.45, 7) is 7.74. The molecule has 0 radical (unpaired) electrons. The molecule has 0 rings (SSSR count). The van der Waals surface area contributed by atoms with Crippen LogP contribution in [0.5, 0.6) is 0 Å². The van der Waals surface area contributed by atoms with Gasteiger partial charge in [0.2, 0.25) is 5.91 Å². The van der Waals surface area contributed by atoms with Gasteiger partial charge in [0.05, 0.1) is 19.4 Å². The number of aliphatic carboxylic acids is 1. The Balaban J connectivity index is 4.14. The number of carbonyl (C=O) groups is 2. The molecule has 0 heterocycles. The van der Waals surface area contributed by atoms with Crippen molar-refractivity contribution in [3.05, 3.63) is 0 Å². The smallest absolute Gasteiger partial charge is 0.305 e. The molecule has 0 bridgehead atoms. The highest BCUT2D eigenvalue weighted by Gasteiger charge is 2.15. The van der Waals surface area contributed by atoms with E-state index in [0.717, 1.165) is 0 Å². The Morgan fingerprint density at radius 1 is 1.29 bits per heavy atom. The lowest BCUT2D eigenvalue weighted by Gasteiger charge is -2.24. The number of carboxylic acids is 1. The van der Waals surface area contributed by atoms with Crippen LogP contribution in [0, 0.1) is 5.92 Å². The second-order valence-electron chi connectivity index (χ2n) is 4.32. The Labute approximate surface area is 103 Å². The zero-order chi connectivity index (χ0) is 13.3. The molecular formula is C12H23NO4. The van der Waals surface area contributed by atoms with E-state index in [0.29, 0.717) is 32.1 Å². The van der Waals surface area contributed by atoms with Gasteiger partial charge in [-0.2, -0.15) is 0 Å². The van der Waals surface area contributed by atoms with Gasteiger partial charge in [0.15, 0.2) is 0 Å². The van der Waals surface area contributed by atoms with Gasteiger partial charge in [-0.05, 0) is 12.8 Å². The summed E-state index contributed by atoms with van der Waals surface area (Å²) in [4.78, 5) is 23.9. The summed E-state index contributed by atoms with van der Waals surface area (Å²) in [5, 5.41) is 8.63. The van der Waals surface area contributed by atoms with E-state index in [2.05, 4.69) is 0 Å². The van der Waals surface area contributed by atoms with Gasteiger partial charge in [0.25, 0.3) is 0 Å². The maximum Gasteiger partial charge on any atom is 0.305 e. The molecule has 0 aliphatic rings. The molecular weight excluding hydrogens is 222 g/mol. The molecule has 0 aliphatic heterocycles. The highest BCUT2D eigenvalue weighted by Crippen LogP contribution is 2.03. The van der Waals surface area contributed by atoms with Gasteiger partial charge >= 0.3 is 5.97 Å². The van der Waals surface area contributed by atoms with Crippen LogP contribution in [-0.2, 0) is 14.3 Å². The van der Waals surface area contributed by atoms with Crippen molar-refractivity contribution in [3.63, 3.8) is 0 Å². The van der Waals surface area contributed by atoms with E-state index in [-0.39, 0.29) is 18.9 Å². The van der Waals surface area contributed by atoms with Crippen LogP contribution in [0.25, 0.3) is 0 Å². The van der Waals surface area contributed by atoms with Crippen LogP contribution >= 0.6 is 0 Å². The predicted molar refractivity (Wildman–Crippen MR) is 64.8 cm³/mol. The average Bonchev–Trinajstić information content (AvgIpc) is 2.23. The summed E-state index contributed by atoms with van der Waals surface area (Å²) in [5.74, 6) is -0.579. The number of ether oxygens (including phenoxy) is 1. The Hall–Kier alpha value is -1.10. The number of hydrogen-bond acceptors (Lipinski definition) is 3. The molecule has 0 atom stereocenters. The van der Waals surface area contributed by atoms with Crippen molar-refractivity contribution in [1.82, 2.24) is 4.90 Å². The van der Waals surface area contributed by atoms with E-state index in [9.17, 15) is 9.59 Å². The van der Waals surface area contributed by atoms with Crippen molar-refractivity contribution < 1.29 is 19.4 Å². The van der Waals surface area contributed by atoms with Crippen LogP contribution in [-0.4, -0.2) is 48.2 Å². The number of nitrogens with zero attached hydrogens (tertiary/aromatic N) is 1. The quantitative estimate of drug-likeness (QED) is 0.623. The third-order valence-electron chi connectivity index (χ3n) is 2.20. The van der Waals surface area contributed by atoms with Gasteiger partial charge in [-0.3, -0.25) is 9.59 Å². The predicted octanol–water partition coefficient (Wildman–Crippen LogP) is 1.37. The first-order valence-electron chi connectivity index (χ1n) is 6.04. The first-order valence-corrected chi connectivity index (χ1v) is 6.04. The fraction of sp³-hybridized carbons (Fsp3) is 0.833. The maximum absolute atomic E-state index is 11.8. The molecule has 0 aliphatic carbocycles. The second kappa shape index (κ2) is 8.98. The monoisotopic (exact) mass is 245 g/mol. The maximum atomic E-state index is 11.8. The molecule has 0 aromatic rings. The van der Waals surface area contributed by atoms with Crippen molar-refractivity contribution in [3.8, 4) is 0 Å². The molecule has 0 aromatic carbocycles. The van der Waals surface area contributed by atoms with Crippen LogP contribution in [0.1, 0.15) is 33.6 Å². The number of carboxylic acid groups (broad SMARTS) is 1. The van der Waals surface area contributed by atoms with Gasteiger partial charge in [-0.1, -0.05) is 13.8 Å². The van der Waals surface area contributed by atoms with Crippen LogP contribution in [0.3, 0.4) is 0 Å². The van der Waals surface area contributed by atoms with Crippen LogP contribution in [0.2, 0.25) is 0 Å². The van der Waals surface area contributed by atoms with Gasteiger partial charge in [0, 0.05) is 19.7 Å². The van der Waals surface area contributed by atoms with E-state index in [1.165, 1.54) is 0 Å². The largest absolute Gasteiger partial charge is 0.481 e. The highest BCUT2D eigenvalue weighted by molar-refractivity contribution is 5.77. The van der Waals surface area contributed by atoms with Gasteiger partial charge in [-0.15, -0.1) is 0 Å². The molecule has 0 aromatic heterocycles. The minimum absolute atomic E-state index is 0.00685. The summed E-state index contributed by atoms with van der Waals surface area (Å²) in [6.07, 6.45) is 0.313. The zero-order valence-electron chi connectivity index (χ0n) is 10.9. The topological polar surface area (TPSA) is 66.8 Å². The lowest BCUT2D eigenvalue weighted by atomic mass is 10.2. The van der Waals surface area contributed by atoms with E-state index < -0.39 is 5.97 Å². The molecule has 0 unspecified atom stereocenters. The average molecular weight is 245 g/mol. The third kappa shape index (κ3) is 8.68. The number of amides is 1. The molecule has 100 valence electrons. The van der Waals surface area contributed by atoms with E-state index >= 15 is 0 Å². The molecule has 5 nitrogen and oxygen atoms in total. The Morgan fingerprint density at radius 2 is 1.94 bits per heavy atom.